The number of aliphatic imine (C=N–C) groups is 1. The van der Waals surface area contributed by atoms with Crippen molar-refractivity contribution < 1.29 is 4.79 Å². The van der Waals surface area contributed by atoms with Gasteiger partial charge in [-0.05, 0) is 63.5 Å². The quantitative estimate of drug-likeness (QED) is 0.348. The maximum Gasteiger partial charge on any atom is 0.243 e. The summed E-state index contributed by atoms with van der Waals surface area (Å²) in [4.78, 5) is 18.9. The van der Waals surface area contributed by atoms with Gasteiger partial charge in [-0.2, -0.15) is 0 Å². The van der Waals surface area contributed by atoms with Gasteiger partial charge in [0.05, 0.1) is 6.54 Å². The van der Waals surface area contributed by atoms with Crippen LogP contribution in [0.1, 0.15) is 37.7 Å². The third-order valence-corrected chi connectivity index (χ3v) is 5.25. The Bertz CT molecular complexity index is 627. The highest BCUT2D eigenvalue weighted by Gasteiger charge is 2.09. The summed E-state index contributed by atoms with van der Waals surface area (Å²) in [5.41, 5.74) is 1.85. The molecule has 0 radical (unpaired) electrons. The summed E-state index contributed by atoms with van der Waals surface area (Å²) in [7, 11) is 1.72. The van der Waals surface area contributed by atoms with Crippen LogP contribution in [0, 0.1) is 6.92 Å². The number of likely N-dealkylation sites (tertiary alicyclic amines) is 1. The van der Waals surface area contributed by atoms with Gasteiger partial charge in [-0.15, -0.1) is 0 Å². The SMILES string of the molecule is CN=C(NCCCN1CCCCCC1)NCC(=O)Nc1cc(Br)ccc1C. The predicted molar refractivity (Wildman–Crippen MR) is 116 cm³/mol. The number of halogens is 1. The number of hydrogen-bond acceptors (Lipinski definition) is 3. The molecule has 3 N–H and O–H groups in total. The molecule has 1 aliphatic rings. The van der Waals surface area contributed by atoms with Gasteiger partial charge in [-0.25, -0.2) is 0 Å². The molecular weight excluding hydrogens is 406 g/mol. The highest BCUT2D eigenvalue weighted by molar-refractivity contribution is 9.10. The Kier molecular flexibility index (Phi) is 9.62. The van der Waals surface area contributed by atoms with Crippen molar-refractivity contribution in [2.24, 2.45) is 4.99 Å². The van der Waals surface area contributed by atoms with Crippen LogP contribution >= 0.6 is 15.9 Å². The molecule has 0 atom stereocenters. The highest BCUT2D eigenvalue weighted by Crippen LogP contribution is 2.20. The molecule has 2 rings (SSSR count). The molecule has 0 bridgehead atoms. The van der Waals surface area contributed by atoms with Gasteiger partial charge in [0.15, 0.2) is 5.96 Å². The molecular formula is C20H32BrN5O. The van der Waals surface area contributed by atoms with Crippen LogP contribution in [-0.2, 0) is 4.79 Å². The molecule has 1 fully saturated rings. The molecule has 1 aromatic rings. The lowest BCUT2D eigenvalue weighted by Crippen LogP contribution is -2.42. The standard InChI is InChI=1S/C20H32BrN5O/c1-16-8-9-17(21)14-18(16)25-19(27)15-24-20(22-2)23-10-7-13-26-11-5-3-4-6-12-26/h8-9,14H,3-7,10-13,15H2,1-2H3,(H,25,27)(H2,22,23,24). The molecule has 0 spiro atoms. The number of carbonyl (C=O) groups is 1. The van der Waals surface area contributed by atoms with E-state index >= 15 is 0 Å². The number of anilines is 1. The maximum atomic E-state index is 12.2. The van der Waals surface area contributed by atoms with Gasteiger partial charge in [0.2, 0.25) is 5.91 Å². The summed E-state index contributed by atoms with van der Waals surface area (Å²) in [6.45, 7) is 6.57. The first kappa shape index (κ1) is 21.7. The van der Waals surface area contributed by atoms with E-state index in [1.54, 1.807) is 7.05 Å². The second-order valence-electron chi connectivity index (χ2n) is 6.97. The smallest absolute Gasteiger partial charge is 0.243 e. The third kappa shape index (κ3) is 8.30. The van der Waals surface area contributed by atoms with Crippen molar-refractivity contribution in [2.45, 2.75) is 39.0 Å². The van der Waals surface area contributed by atoms with Crippen molar-refractivity contribution in [3.63, 3.8) is 0 Å². The molecule has 1 heterocycles. The molecule has 1 aliphatic heterocycles. The topological polar surface area (TPSA) is 68.8 Å². The number of nitrogens with zero attached hydrogens (tertiary/aromatic N) is 2. The predicted octanol–water partition coefficient (Wildman–Crippen LogP) is 3.13. The molecule has 7 heteroatoms. The molecule has 150 valence electrons. The minimum atomic E-state index is -0.0938. The summed E-state index contributed by atoms with van der Waals surface area (Å²) in [5.74, 6) is 0.565. The molecule has 0 saturated carbocycles. The highest BCUT2D eigenvalue weighted by atomic mass is 79.9. The number of benzene rings is 1. The van der Waals surface area contributed by atoms with E-state index in [-0.39, 0.29) is 12.5 Å². The molecule has 0 aromatic heterocycles. The van der Waals surface area contributed by atoms with Crippen LogP contribution in [0.5, 0.6) is 0 Å². The fourth-order valence-corrected chi connectivity index (χ4v) is 3.54. The summed E-state index contributed by atoms with van der Waals surface area (Å²) in [5, 5.41) is 9.29. The first-order chi connectivity index (χ1) is 13.1. The number of aryl methyl sites for hydroxylation is 1. The normalized spacial score (nSPS) is 15.9. The minimum Gasteiger partial charge on any atom is -0.356 e. The van der Waals surface area contributed by atoms with Crippen LogP contribution in [0.4, 0.5) is 5.69 Å². The van der Waals surface area contributed by atoms with E-state index in [9.17, 15) is 4.79 Å². The summed E-state index contributed by atoms with van der Waals surface area (Å²) in [6.07, 6.45) is 6.45. The van der Waals surface area contributed by atoms with Crippen LogP contribution in [-0.4, -0.2) is 56.5 Å². The second kappa shape index (κ2) is 12.0. The zero-order valence-electron chi connectivity index (χ0n) is 16.5. The molecule has 1 amide bonds. The summed E-state index contributed by atoms with van der Waals surface area (Å²) < 4.78 is 0.943. The zero-order valence-corrected chi connectivity index (χ0v) is 18.1. The van der Waals surface area contributed by atoms with Gasteiger partial charge in [0, 0.05) is 23.8 Å². The average Bonchev–Trinajstić information content (AvgIpc) is 2.93. The molecule has 0 aliphatic carbocycles. The number of guanidine groups is 1. The lowest BCUT2D eigenvalue weighted by Gasteiger charge is -2.20. The first-order valence-corrected chi connectivity index (χ1v) is 10.6. The van der Waals surface area contributed by atoms with E-state index in [4.69, 9.17) is 0 Å². The number of hydrogen-bond donors (Lipinski definition) is 3. The molecule has 6 nitrogen and oxygen atoms in total. The van der Waals surface area contributed by atoms with E-state index in [1.165, 1.54) is 38.8 Å². The van der Waals surface area contributed by atoms with Crippen molar-refractivity contribution in [3.05, 3.63) is 28.2 Å². The number of rotatable bonds is 7. The van der Waals surface area contributed by atoms with Crippen molar-refractivity contribution >= 4 is 33.5 Å². The number of carbonyl (C=O) groups excluding carboxylic acids is 1. The van der Waals surface area contributed by atoms with E-state index < -0.39 is 0 Å². The van der Waals surface area contributed by atoms with Crippen LogP contribution in [0.25, 0.3) is 0 Å². The van der Waals surface area contributed by atoms with E-state index in [2.05, 4.69) is 41.8 Å². The van der Waals surface area contributed by atoms with Gasteiger partial charge in [0.1, 0.15) is 0 Å². The van der Waals surface area contributed by atoms with Gasteiger partial charge in [-0.3, -0.25) is 9.79 Å². The van der Waals surface area contributed by atoms with Gasteiger partial charge in [-0.1, -0.05) is 34.8 Å². The van der Waals surface area contributed by atoms with Gasteiger partial charge < -0.3 is 20.9 Å². The lowest BCUT2D eigenvalue weighted by atomic mass is 10.2. The molecule has 0 unspecified atom stereocenters. The van der Waals surface area contributed by atoms with Gasteiger partial charge in [0.25, 0.3) is 0 Å². The largest absolute Gasteiger partial charge is 0.356 e. The summed E-state index contributed by atoms with van der Waals surface area (Å²) in [6, 6.07) is 5.84. The second-order valence-corrected chi connectivity index (χ2v) is 7.89. The van der Waals surface area contributed by atoms with Crippen molar-refractivity contribution in [2.75, 3.05) is 45.1 Å². The van der Waals surface area contributed by atoms with Crippen LogP contribution in [0.15, 0.2) is 27.7 Å². The lowest BCUT2D eigenvalue weighted by molar-refractivity contribution is -0.115. The number of amides is 1. The Morgan fingerprint density at radius 2 is 1.93 bits per heavy atom. The van der Waals surface area contributed by atoms with Crippen molar-refractivity contribution in [1.82, 2.24) is 15.5 Å². The average molecular weight is 438 g/mol. The molecule has 1 saturated heterocycles. The van der Waals surface area contributed by atoms with E-state index in [1.807, 2.05) is 25.1 Å². The van der Waals surface area contributed by atoms with Gasteiger partial charge >= 0.3 is 0 Å². The Balaban J connectivity index is 1.65. The molecule has 1 aromatic carbocycles. The van der Waals surface area contributed by atoms with Crippen molar-refractivity contribution in [1.29, 1.82) is 0 Å². The van der Waals surface area contributed by atoms with E-state index in [0.29, 0.717) is 5.96 Å². The van der Waals surface area contributed by atoms with E-state index in [0.717, 1.165) is 35.2 Å². The fourth-order valence-electron chi connectivity index (χ4n) is 3.18. The molecule has 27 heavy (non-hydrogen) atoms. The number of nitrogens with one attached hydrogen (secondary N) is 3. The Hall–Kier alpha value is -1.60. The fraction of sp³-hybridized carbons (Fsp3) is 0.600. The van der Waals surface area contributed by atoms with Crippen LogP contribution in [0.2, 0.25) is 0 Å². The minimum absolute atomic E-state index is 0.0938. The summed E-state index contributed by atoms with van der Waals surface area (Å²) >= 11 is 3.43. The maximum absolute atomic E-state index is 12.2. The van der Waals surface area contributed by atoms with Crippen molar-refractivity contribution in [3.8, 4) is 0 Å². The Morgan fingerprint density at radius 3 is 2.63 bits per heavy atom. The Labute approximate surface area is 171 Å². The zero-order chi connectivity index (χ0) is 19.5. The Morgan fingerprint density at radius 1 is 1.19 bits per heavy atom. The monoisotopic (exact) mass is 437 g/mol. The third-order valence-electron chi connectivity index (χ3n) is 4.76. The first-order valence-electron chi connectivity index (χ1n) is 9.81. The van der Waals surface area contributed by atoms with Crippen LogP contribution < -0.4 is 16.0 Å². The van der Waals surface area contributed by atoms with Crippen LogP contribution in [0.3, 0.4) is 0 Å².